The lowest BCUT2D eigenvalue weighted by molar-refractivity contribution is 0.0521. The molecular weight excluding hydrogens is 298 g/mol. The zero-order valence-corrected chi connectivity index (χ0v) is 12.9. The van der Waals surface area contributed by atoms with Crippen molar-refractivity contribution < 1.29 is 9.53 Å². The number of ether oxygens (including phenoxy) is 1. The van der Waals surface area contributed by atoms with E-state index in [9.17, 15) is 4.79 Å². The summed E-state index contributed by atoms with van der Waals surface area (Å²) in [5, 5.41) is 0. The van der Waals surface area contributed by atoms with E-state index in [0.717, 1.165) is 10.8 Å². The van der Waals surface area contributed by atoms with Crippen LogP contribution in [0.4, 0.5) is 5.82 Å². The lowest BCUT2D eigenvalue weighted by atomic mass is 10.3. The predicted octanol–water partition coefficient (Wildman–Crippen LogP) is 2.91. The summed E-state index contributed by atoms with van der Waals surface area (Å²) < 4.78 is 7.52. The van der Waals surface area contributed by atoms with E-state index in [-0.39, 0.29) is 5.69 Å². The van der Waals surface area contributed by atoms with Crippen molar-refractivity contribution in [3.63, 3.8) is 0 Å². The van der Waals surface area contributed by atoms with Crippen LogP contribution in [-0.4, -0.2) is 22.1 Å². The summed E-state index contributed by atoms with van der Waals surface area (Å²) in [6, 6.07) is 3.86. The Morgan fingerprint density at radius 3 is 2.90 bits per heavy atom. The van der Waals surface area contributed by atoms with Crippen molar-refractivity contribution in [2.24, 2.45) is 0 Å². The van der Waals surface area contributed by atoms with E-state index in [1.54, 1.807) is 6.92 Å². The van der Waals surface area contributed by atoms with Gasteiger partial charge in [-0.2, -0.15) is 0 Å². The van der Waals surface area contributed by atoms with Crippen molar-refractivity contribution in [3.8, 4) is 0 Å². The first-order chi connectivity index (χ1) is 9.52. The Kier molecular flexibility index (Phi) is 4.67. The molecule has 0 unspecified atom stereocenters. The van der Waals surface area contributed by atoms with Gasteiger partial charge in [-0.1, -0.05) is 11.6 Å². The van der Waals surface area contributed by atoms with Crippen molar-refractivity contribution in [2.45, 2.75) is 26.8 Å². The first-order valence-corrected chi connectivity index (χ1v) is 7.46. The van der Waals surface area contributed by atoms with E-state index >= 15 is 0 Å². The van der Waals surface area contributed by atoms with Crippen molar-refractivity contribution in [1.29, 1.82) is 0 Å². The first kappa shape index (κ1) is 14.9. The molecule has 0 spiro atoms. The van der Waals surface area contributed by atoms with Gasteiger partial charge in [0, 0.05) is 11.4 Å². The molecule has 0 saturated carbocycles. The van der Waals surface area contributed by atoms with Crippen molar-refractivity contribution in [2.75, 3.05) is 12.3 Å². The Balaban J connectivity index is 2.14. The van der Waals surface area contributed by atoms with Crippen LogP contribution in [0.25, 0.3) is 0 Å². The molecule has 0 aromatic carbocycles. The lowest BCUT2D eigenvalue weighted by Gasteiger charge is -2.06. The molecule has 2 heterocycles. The molecule has 108 valence electrons. The average molecular weight is 314 g/mol. The molecule has 5 nitrogen and oxygen atoms in total. The van der Waals surface area contributed by atoms with E-state index in [1.807, 2.05) is 23.6 Å². The average Bonchev–Trinajstić information content (AvgIpc) is 2.92. The topological polar surface area (TPSA) is 70.1 Å². The minimum atomic E-state index is -0.481. The molecule has 0 amide bonds. The number of thiophene rings is 1. The van der Waals surface area contributed by atoms with Gasteiger partial charge in [0.2, 0.25) is 0 Å². The largest absolute Gasteiger partial charge is 0.461 e. The molecule has 2 rings (SSSR count). The molecule has 2 aromatic heterocycles. The van der Waals surface area contributed by atoms with Gasteiger partial charge in [0.1, 0.15) is 11.6 Å². The SMILES string of the molecule is CCOC(=O)c1nc(C)n(CCc2ccc(Cl)s2)c1N. The van der Waals surface area contributed by atoms with Gasteiger partial charge in [-0.15, -0.1) is 11.3 Å². The van der Waals surface area contributed by atoms with E-state index < -0.39 is 5.97 Å². The molecule has 0 aliphatic carbocycles. The summed E-state index contributed by atoms with van der Waals surface area (Å²) in [6.07, 6.45) is 0.793. The number of rotatable bonds is 5. The fourth-order valence-electron chi connectivity index (χ4n) is 1.92. The maximum atomic E-state index is 11.7. The zero-order valence-electron chi connectivity index (χ0n) is 11.4. The van der Waals surface area contributed by atoms with Crippen molar-refractivity contribution in [3.05, 3.63) is 32.9 Å². The summed E-state index contributed by atoms with van der Waals surface area (Å²) in [4.78, 5) is 17.1. The number of carbonyl (C=O) groups excluding carboxylic acids is 1. The molecule has 0 atom stereocenters. The Morgan fingerprint density at radius 2 is 2.30 bits per heavy atom. The fraction of sp³-hybridized carbons (Fsp3) is 0.385. The van der Waals surface area contributed by atoms with Crippen LogP contribution in [-0.2, 0) is 17.7 Å². The van der Waals surface area contributed by atoms with Crippen LogP contribution in [0, 0.1) is 6.92 Å². The Hall–Kier alpha value is -1.53. The van der Waals surface area contributed by atoms with Crippen LogP contribution in [0.15, 0.2) is 12.1 Å². The predicted molar refractivity (Wildman–Crippen MR) is 80.4 cm³/mol. The monoisotopic (exact) mass is 313 g/mol. The summed E-state index contributed by atoms with van der Waals surface area (Å²) in [7, 11) is 0. The maximum absolute atomic E-state index is 11.7. The molecule has 7 heteroatoms. The molecule has 2 N–H and O–H groups in total. The van der Waals surface area contributed by atoms with E-state index in [0.29, 0.717) is 24.8 Å². The second-order valence-corrected chi connectivity index (χ2v) is 6.02. The molecule has 0 radical (unpaired) electrons. The van der Waals surface area contributed by atoms with Gasteiger partial charge in [0.25, 0.3) is 0 Å². The molecule has 20 heavy (non-hydrogen) atoms. The van der Waals surface area contributed by atoms with E-state index in [4.69, 9.17) is 22.1 Å². The number of aromatic nitrogens is 2. The van der Waals surface area contributed by atoms with Crippen LogP contribution in [0.5, 0.6) is 0 Å². The third-order valence-corrected chi connectivity index (χ3v) is 4.17. The summed E-state index contributed by atoms with van der Waals surface area (Å²) in [6.45, 7) is 4.53. The molecule has 0 fully saturated rings. The molecule has 0 saturated heterocycles. The fourth-order valence-corrected chi connectivity index (χ4v) is 3.00. The zero-order chi connectivity index (χ0) is 14.7. The Morgan fingerprint density at radius 1 is 1.55 bits per heavy atom. The molecular formula is C13H16ClN3O2S. The standard InChI is InChI=1S/C13H16ClN3O2S/c1-3-19-13(18)11-12(15)17(8(2)16-11)7-6-9-4-5-10(14)20-9/h4-5H,3,6-7,15H2,1-2H3. The minimum absolute atomic E-state index is 0.188. The number of nitrogen functional groups attached to an aromatic ring is 1. The number of aryl methyl sites for hydroxylation is 2. The summed E-state index contributed by atoms with van der Waals surface area (Å²) in [5.74, 6) is 0.572. The lowest BCUT2D eigenvalue weighted by Crippen LogP contribution is -2.11. The number of hydrogen-bond acceptors (Lipinski definition) is 5. The smallest absolute Gasteiger partial charge is 0.360 e. The highest BCUT2D eigenvalue weighted by Crippen LogP contribution is 2.23. The van der Waals surface area contributed by atoms with Crippen LogP contribution in [0.3, 0.4) is 0 Å². The van der Waals surface area contributed by atoms with Crippen LogP contribution in [0.2, 0.25) is 4.34 Å². The highest BCUT2D eigenvalue weighted by Gasteiger charge is 2.19. The Bertz CT molecular complexity index is 621. The molecule has 0 bridgehead atoms. The summed E-state index contributed by atoms with van der Waals surface area (Å²) in [5.41, 5.74) is 6.17. The van der Waals surface area contributed by atoms with Crippen molar-refractivity contribution >= 4 is 34.7 Å². The normalized spacial score (nSPS) is 10.8. The number of anilines is 1. The minimum Gasteiger partial charge on any atom is -0.461 e. The van der Waals surface area contributed by atoms with Gasteiger partial charge in [0.15, 0.2) is 5.69 Å². The van der Waals surface area contributed by atoms with Crippen LogP contribution < -0.4 is 5.73 Å². The maximum Gasteiger partial charge on any atom is 0.360 e. The number of imidazole rings is 1. The Labute approximate surface area is 126 Å². The van der Waals surface area contributed by atoms with Gasteiger partial charge < -0.3 is 15.0 Å². The number of nitrogens with two attached hydrogens (primary N) is 1. The number of esters is 1. The summed E-state index contributed by atoms with van der Waals surface area (Å²) >= 11 is 7.44. The van der Waals surface area contributed by atoms with E-state index in [2.05, 4.69) is 4.98 Å². The van der Waals surface area contributed by atoms with Gasteiger partial charge in [-0.05, 0) is 32.4 Å². The third-order valence-electron chi connectivity index (χ3n) is 2.88. The highest BCUT2D eigenvalue weighted by atomic mass is 35.5. The second-order valence-electron chi connectivity index (χ2n) is 4.22. The number of halogens is 1. The van der Waals surface area contributed by atoms with Gasteiger partial charge >= 0.3 is 5.97 Å². The molecule has 0 aliphatic heterocycles. The first-order valence-electron chi connectivity index (χ1n) is 6.26. The van der Waals surface area contributed by atoms with Gasteiger partial charge in [-0.3, -0.25) is 0 Å². The van der Waals surface area contributed by atoms with Gasteiger partial charge in [0.05, 0.1) is 10.9 Å². The van der Waals surface area contributed by atoms with E-state index in [1.165, 1.54) is 16.2 Å². The number of carbonyl (C=O) groups is 1. The van der Waals surface area contributed by atoms with Crippen LogP contribution in [0.1, 0.15) is 28.1 Å². The highest BCUT2D eigenvalue weighted by molar-refractivity contribution is 7.16. The molecule has 0 aliphatic rings. The number of hydrogen-bond donors (Lipinski definition) is 1. The van der Waals surface area contributed by atoms with Gasteiger partial charge in [-0.25, -0.2) is 9.78 Å². The van der Waals surface area contributed by atoms with Crippen LogP contribution >= 0.6 is 22.9 Å². The molecule has 2 aromatic rings. The second kappa shape index (κ2) is 6.28. The number of nitrogens with zero attached hydrogens (tertiary/aromatic N) is 2. The third kappa shape index (κ3) is 3.13. The van der Waals surface area contributed by atoms with Crippen molar-refractivity contribution in [1.82, 2.24) is 9.55 Å². The quantitative estimate of drug-likeness (QED) is 0.862.